The van der Waals surface area contributed by atoms with Crippen LogP contribution in [0.15, 0.2) is 29.4 Å². The molecular formula is C12H15N3OS. The Morgan fingerprint density at radius 1 is 1.29 bits per heavy atom. The molecule has 1 aromatic carbocycles. The molecule has 0 N–H and O–H groups in total. The first-order valence-electron chi connectivity index (χ1n) is 5.33. The molecule has 0 saturated carbocycles. The molecule has 0 atom stereocenters. The lowest BCUT2D eigenvalue weighted by Crippen LogP contribution is -2.04. The summed E-state index contributed by atoms with van der Waals surface area (Å²) in [5, 5.41) is 9.06. The molecule has 0 fully saturated rings. The van der Waals surface area contributed by atoms with E-state index < -0.39 is 0 Å². The molecule has 17 heavy (non-hydrogen) atoms. The van der Waals surface area contributed by atoms with Crippen LogP contribution in [0.2, 0.25) is 0 Å². The van der Waals surface area contributed by atoms with Crippen molar-refractivity contribution in [3.8, 4) is 5.75 Å². The SMILES string of the molecule is CSc1nnc(COc2ccccc2C)n1C. The van der Waals surface area contributed by atoms with Crippen LogP contribution >= 0.6 is 11.8 Å². The first kappa shape index (κ1) is 12.0. The van der Waals surface area contributed by atoms with Crippen LogP contribution in [-0.4, -0.2) is 21.0 Å². The highest BCUT2D eigenvalue weighted by molar-refractivity contribution is 7.98. The summed E-state index contributed by atoms with van der Waals surface area (Å²) in [4.78, 5) is 0. The average Bonchev–Trinajstić information content (AvgIpc) is 2.69. The molecule has 0 spiro atoms. The number of benzene rings is 1. The topological polar surface area (TPSA) is 39.9 Å². The second-order valence-electron chi connectivity index (χ2n) is 3.72. The number of thioether (sulfide) groups is 1. The summed E-state index contributed by atoms with van der Waals surface area (Å²) in [6.45, 7) is 2.47. The van der Waals surface area contributed by atoms with Crippen molar-refractivity contribution in [2.45, 2.75) is 18.7 Å². The first-order valence-corrected chi connectivity index (χ1v) is 6.55. The molecule has 0 radical (unpaired) electrons. The van der Waals surface area contributed by atoms with E-state index in [-0.39, 0.29) is 0 Å². The van der Waals surface area contributed by atoms with E-state index in [2.05, 4.69) is 10.2 Å². The lowest BCUT2D eigenvalue weighted by molar-refractivity contribution is 0.288. The normalized spacial score (nSPS) is 10.5. The predicted octanol–water partition coefficient (Wildman–Crippen LogP) is 2.42. The van der Waals surface area contributed by atoms with Crippen molar-refractivity contribution in [3.05, 3.63) is 35.7 Å². The third kappa shape index (κ3) is 2.61. The van der Waals surface area contributed by atoms with Crippen molar-refractivity contribution in [2.24, 2.45) is 7.05 Å². The van der Waals surface area contributed by atoms with Gasteiger partial charge in [0.05, 0.1) is 0 Å². The van der Waals surface area contributed by atoms with Crippen molar-refractivity contribution in [1.82, 2.24) is 14.8 Å². The van der Waals surface area contributed by atoms with Gasteiger partial charge in [0.2, 0.25) is 0 Å². The summed E-state index contributed by atoms with van der Waals surface area (Å²) in [5.41, 5.74) is 1.12. The number of hydrogen-bond donors (Lipinski definition) is 0. The Bertz CT molecular complexity index is 510. The van der Waals surface area contributed by atoms with Crippen molar-refractivity contribution in [1.29, 1.82) is 0 Å². The summed E-state index contributed by atoms with van der Waals surface area (Å²) in [7, 11) is 1.95. The minimum Gasteiger partial charge on any atom is -0.485 e. The van der Waals surface area contributed by atoms with E-state index in [0.29, 0.717) is 6.61 Å². The maximum atomic E-state index is 5.73. The molecule has 2 rings (SSSR count). The minimum absolute atomic E-state index is 0.439. The van der Waals surface area contributed by atoms with E-state index in [0.717, 1.165) is 22.3 Å². The lowest BCUT2D eigenvalue weighted by Gasteiger charge is -2.08. The van der Waals surface area contributed by atoms with Crippen LogP contribution in [0.1, 0.15) is 11.4 Å². The molecule has 4 nitrogen and oxygen atoms in total. The van der Waals surface area contributed by atoms with Gasteiger partial charge in [-0.15, -0.1) is 10.2 Å². The van der Waals surface area contributed by atoms with Gasteiger partial charge in [-0.3, -0.25) is 0 Å². The van der Waals surface area contributed by atoms with Crippen LogP contribution in [0, 0.1) is 6.92 Å². The Kier molecular flexibility index (Phi) is 3.68. The van der Waals surface area contributed by atoms with Crippen molar-refractivity contribution < 1.29 is 4.74 Å². The Balaban J connectivity index is 2.07. The molecule has 0 aliphatic carbocycles. The van der Waals surface area contributed by atoms with Gasteiger partial charge < -0.3 is 9.30 Å². The largest absolute Gasteiger partial charge is 0.485 e. The molecule has 0 aliphatic rings. The monoisotopic (exact) mass is 249 g/mol. The van der Waals surface area contributed by atoms with E-state index in [4.69, 9.17) is 4.74 Å². The van der Waals surface area contributed by atoms with Gasteiger partial charge in [-0.1, -0.05) is 30.0 Å². The second-order valence-corrected chi connectivity index (χ2v) is 4.49. The third-order valence-electron chi connectivity index (χ3n) is 2.56. The van der Waals surface area contributed by atoms with E-state index in [1.807, 2.05) is 49.1 Å². The standard InChI is InChI=1S/C12H15N3OS/c1-9-6-4-5-7-10(9)16-8-11-13-14-12(17-3)15(11)2/h4-7H,8H2,1-3H3. The Labute approximate surface area is 105 Å². The molecule has 0 aliphatic heterocycles. The molecule has 2 aromatic rings. The Hall–Kier alpha value is -1.49. The zero-order chi connectivity index (χ0) is 12.3. The average molecular weight is 249 g/mol. The van der Waals surface area contributed by atoms with Gasteiger partial charge in [0.1, 0.15) is 12.4 Å². The molecule has 1 aromatic heterocycles. The van der Waals surface area contributed by atoms with E-state index in [1.54, 1.807) is 11.8 Å². The molecule has 0 saturated heterocycles. The zero-order valence-corrected chi connectivity index (χ0v) is 11.0. The second kappa shape index (κ2) is 5.23. The van der Waals surface area contributed by atoms with Crippen LogP contribution in [-0.2, 0) is 13.7 Å². The molecule has 90 valence electrons. The van der Waals surface area contributed by atoms with Crippen LogP contribution in [0.25, 0.3) is 0 Å². The van der Waals surface area contributed by atoms with Gasteiger partial charge in [0, 0.05) is 7.05 Å². The maximum absolute atomic E-state index is 5.73. The Morgan fingerprint density at radius 2 is 2.06 bits per heavy atom. The number of para-hydroxylation sites is 1. The highest BCUT2D eigenvalue weighted by atomic mass is 32.2. The van der Waals surface area contributed by atoms with Gasteiger partial charge in [-0.25, -0.2) is 0 Å². The zero-order valence-electron chi connectivity index (χ0n) is 10.2. The van der Waals surface area contributed by atoms with Gasteiger partial charge >= 0.3 is 0 Å². The predicted molar refractivity (Wildman–Crippen MR) is 68.3 cm³/mol. The van der Waals surface area contributed by atoms with Gasteiger partial charge in [0.15, 0.2) is 11.0 Å². The van der Waals surface area contributed by atoms with E-state index in [9.17, 15) is 0 Å². The molecular weight excluding hydrogens is 234 g/mol. The summed E-state index contributed by atoms with van der Waals surface area (Å²) in [6.07, 6.45) is 1.98. The number of aromatic nitrogens is 3. The van der Waals surface area contributed by atoms with E-state index in [1.165, 1.54) is 0 Å². The van der Waals surface area contributed by atoms with Gasteiger partial charge in [-0.05, 0) is 24.8 Å². The Morgan fingerprint density at radius 3 is 2.71 bits per heavy atom. The number of ether oxygens (including phenoxy) is 1. The number of hydrogen-bond acceptors (Lipinski definition) is 4. The van der Waals surface area contributed by atoms with Crippen molar-refractivity contribution >= 4 is 11.8 Å². The number of nitrogens with zero attached hydrogens (tertiary/aromatic N) is 3. The quantitative estimate of drug-likeness (QED) is 0.780. The molecule has 5 heteroatoms. The molecule has 1 heterocycles. The highest BCUT2D eigenvalue weighted by Crippen LogP contribution is 2.18. The molecule has 0 unspecified atom stereocenters. The third-order valence-corrected chi connectivity index (χ3v) is 3.28. The van der Waals surface area contributed by atoms with Crippen LogP contribution in [0.4, 0.5) is 0 Å². The highest BCUT2D eigenvalue weighted by Gasteiger charge is 2.08. The van der Waals surface area contributed by atoms with Crippen LogP contribution in [0.5, 0.6) is 5.75 Å². The van der Waals surface area contributed by atoms with Gasteiger partial charge in [-0.2, -0.15) is 0 Å². The fraction of sp³-hybridized carbons (Fsp3) is 0.333. The summed E-state index contributed by atoms with van der Waals surface area (Å²) in [5.74, 6) is 1.72. The first-order chi connectivity index (χ1) is 8.22. The van der Waals surface area contributed by atoms with Crippen molar-refractivity contribution in [2.75, 3.05) is 6.26 Å². The molecule has 0 bridgehead atoms. The van der Waals surface area contributed by atoms with Crippen LogP contribution < -0.4 is 4.74 Å². The maximum Gasteiger partial charge on any atom is 0.190 e. The van der Waals surface area contributed by atoms with Crippen LogP contribution in [0.3, 0.4) is 0 Å². The summed E-state index contributed by atoms with van der Waals surface area (Å²) in [6, 6.07) is 7.95. The smallest absolute Gasteiger partial charge is 0.190 e. The minimum atomic E-state index is 0.439. The lowest BCUT2D eigenvalue weighted by atomic mass is 10.2. The van der Waals surface area contributed by atoms with E-state index >= 15 is 0 Å². The summed E-state index contributed by atoms with van der Waals surface area (Å²) < 4.78 is 7.68. The summed E-state index contributed by atoms with van der Waals surface area (Å²) >= 11 is 1.57. The number of rotatable bonds is 4. The fourth-order valence-corrected chi connectivity index (χ4v) is 2.01. The van der Waals surface area contributed by atoms with Crippen molar-refractivity contribution in [3.63, 3.8) is 0 Å². The van der Waals surface area contributed by atoms with Gasteiger partial charge in [0.25, 0.3) is 0 Å². The fourth-order valence-electron chi connectivity index (χ4n) is 1.51. The molecule has 0 amide bonds. The number of aryl methyl sites for hydroxylation is 1.